The lowest BCUT2D eigenvalue weighted by atomic mass is 9.97. The van der Waals surface area contributed by atoms with Gasteiger partial charge < -0.3 is 10.1 Å². The largest absolute Gasteiger partial charge is 0.356 e. The van der Waals surface area contributed by atoms with Crippen LogP contribution < -0.4 is 5.32 Å². The molecule has 0 aliphatic carbocycles. The van der Waals surface area contributed by atoms with Gasteiger partial charge in [0.15, 0.2) is 9.84 Å². The van der Waals surface area contributed by atoms with E-state index in [-0.39, 0.29) is 23.3 Å². The number of amides is 1. The first kappa shape index (κ1) is 26.1. The Balaban J connectivity index is 1.91. The molecule has 3 aromatic rings. The zero-order chi connectivity index (χ0) is 25.4. The maximum Gasteiger partial charge on any atom is 0.250 e. The van der Waals surface area contributed by atoms with Crippen molar-refractivity contribution in [3.05, 3.63) is 90.0 Å². The van der Waals surface area contributed by atoms with Crippen molar-refractivity contribution >= 4 is 15.7 Å². The molecule has 0 saturated heterocycles. The maximum absolute atomic E-state index is 12.7. The summed E-state index contributed by atoms with van der Waals surface area (Å²) < 4.78 is 29.9. The predicted molar refractivity (Wildman–Crippen MR) is 136 cm³/mol. The van der Waals surface area contributed by atoms with Crippen LogP contribution in [0.1, 0.15) is 37.5 Å². The molecule has 0 aliphatic heterocycles. The number of rotatable bonds is 10. The molecule has 1 amide bonds. The van der Waals surface area contributed by atoms with Crippen molar-refractivity contribution in [2.75, 3.05) is 12.8 Å². The fraction of sp³-hybridized carbons (Fsp3) is 0.286. The molecule has 0 saturated carbocycles. The fourth-order valence-electron chi connectivity index (χ4n) is 3.78. The van der Waals surface area contributed by atoms with E-state index in [0.29, 0.717) is 6.42 Å². The molecule has 0 bridgehead atoms. The Bertz CT molecular complexity index is 1260. The Labute approximate surface area is 207 Å². The zero-order valence-electron chi connectivity index (χ0n) is 20.1. The molecule has 0 aromatic heterocycles. The third-order valence-electron chi connectivity index (χ3n) is 5.55. The van der Waals surface area contributed by atoms with E-state index >= 15 is 0 Å². The standard InChI is InChI=1S/C28H30N2O4S/c1-20(2)19-26(28(31)30-18-17-29)34-27(23-7-5-4-6-8-23)24-11-9-21(10-12-24)22-13-15-25(16-14-22)35(3,32)33/h4-16,20,26-27H,18-19H2,1-3H3,(H,30,31)/t26-,27+/m0/s1. The van der Waals surface area contributed by atoms with Gasteiger partial charge in [0.05, 0.1) is 11.0 Å². The number of hydrogen-bond donors (Lipinski definition) is 1. The second kappa shape index (κ2) is 11.8. The quantitative estimate of drug-likeness (QED) is 0.407. The van der Waals surface area contributed by atoms with Gasteiger partial charge in [-0.3, -0.25) is 4.79 Å². The van der Waals surface area contributed by atoms with Gasteiger partial charge >= 0.3 is 0 Å². The van der Waals surface area contributed by atoms with Crippen LogP contribution in [0.25, 0.3) is 11.1 Å². The van der Waals surface area contributed by atoms with Crippen LogP contribution in [0.5, 0.6) is 0 Å². The summed E-state index contributed by atoms with van der Waals surface area (Å²) in [6.45, 7) is 3.98. The Morgan fingerprint density at radius 2 is 1.46 bits per heavy atom. The SMILES string of the molecule is CC(C)C[C@H](O[C@H](c1ccccc1)c1ccc(-c2ccc(S(C)(=O)=O)cc2)cc1)C(=O)NCC#N. The average Bonchev–Trinajstić information content (AvgIpc) is 2.85. The Morgan fingerprint density at radius 3 is 1.97 bits per heavy atom. The first-order valence-corrected chi connectivity index (χ1v) is 13.3. The van der Waals surface area contributed by atoms with E-state index in [1.165, 1.54) is 6.26 Å². The molecule has 0 radical (unpaired) electrons. The molecule has 2 atom stereocenters. The van der Waals surface area contributed by atoms with Crippen LogP contribution in [0.2, 0.25) is 0 Å². The van der Waals surface area contributed by atoms with E-state index in [0.717, 1.165) is 22.3 Å². The monoisotopic (exact) mass is 490 g/mol. The number of carbonyl (C=O) groups excluding carboxylic acids is 1. The summed E-state index contributed by atoms with van der Waals surface area (Å²) in [6.07, 6.45) is 0.519. The lowest BCUT2D eigenvalue weighted by Gasteiger charge is -2.26. The minimum absolute atomic E-state index is 0.0698. The van der Waals surface area contributed by atoms with E-state index < -0.39 is 22.0 Å². The van der Waals surface area contributed by atoms with E-state index in [1.54, 1.807) is 24.3 Å². The topological polar surface area (TPSA) is 96.3 Å². The highest BCUT2D eigenvalue weighted by Gasteiger charge is 2.26. The Hall–Kier alpha value is -3.47. The molecule has 1 N–H and O–H groups in total. The molecule has 0 heterocycles. The molecule has 6 nitrogen and oxygen atoms in total. The van der Waals surface area contributed by atoms with Crippen LogP contribution in [0, 0.1) is 17.2 Å². The normalized spacial score (nSPS) is 13.1. The number of ether oxygens (including phenoxy) is 1. The highest BCUT2D eigenvalue weighted by molar-refractivity contribution is 7.90. The number of carbonyl (C=O) groups is 1. The number of nitrogens with one attached hydrogen (secondary N) is 1. The van der Waals surface area contributed by atoms with E-state index in [9.17, 15) is 13.2 Å². The van der Waals surface area contributed by atoms with Crippen LogP contribution in [-0.2, 0) is 19.4 Å². The van der Waals surface area contributed by atoms with Crippen molar-refractivity contribution in [3.63, 3.8) is 0 Å². The number of hydrogen-bond acceptors (Lipinski definition) is 5. The zero-order valence-corrected chi connectivity index (χ0v) is 21.0. The van der Waals surface area contributed by atoms with Crippen LogP contribution >= 0.6 is 0 Å². The highest BCUT2D eigenvalue weighted by Crippen LogP contribution is 2.31. The molecular formula is C28H30N2O4S. The Morgan fingerprint density at radius 1 is 0.914 bits per heavy atom. The first-order chi connectivity index (χ1) is 16.7. The van der Waals surface area contributed by atoms with Gasteiger partial charge in [-0.25, -0.2) is 8.42 Å². The van der Waals surface area contributed by atoms with Crippen molar-refractivity contribution in [2.45, 2.75) is 37.4 Å². The van der Waals surface area contributed by atoms with Crippen molar-refractivity contribution in [1.82, 2.24) is 5.32 Å². The molecule has 0 unspecified atom stereocenters. The lowest BCUT2D eigenvalue weighted by molar-refractivity contribution is -0.136. The summed E-state index contributed by atoms with van der Waals surface area (Å²) >= 11 is 0. The predicted octanol–water partition coefficient (Wildman–Crippen LogP) is 4.92. The minimum atomic E-state index is -3.25. The number of nitriles is 1. The lowest BCUT2D eigenvalue weighted by Crippen LogP contribution is -2.38. The van der Waals surface area contributed by atoms with Crippen LogP contribution in [0.3, 0.4) is 0 Å². The summed E-state index contributed by atoms with van der Waals surface area (Å²) in [7, 11) is -3.25. The molecule has 0 spiro atoms. The van der Waals surface area contributed by atoms with Crippen LogP contribution in [0.15, 0.2) is 83.8 Å². The number of nitrogens with zero attached hydrogens (tertiary/aromatic N) is 1. The van der Waals surface area contributed by atoms with Gasteiger partial charge in [0.25, 0.3) is 0 Å². The second-order valence-corrected chi connectivity index (χ2v) is 10.9. The van der Waals surface area contributed by atoms with Crippen LogP contribution in [0.4, 0.5) is 0 Å². The summed E-state index contributed by atoms with van der Waals surface area (Å²) in [5.41, 5.74) is 3.63. The van der Waals surface area contributed by atoms with Gasteiger partial charge in [0.2, 0.25) is 5.91 Å². The molecule has 0 aliphatic rings. The third-order valence-corrected chi connectivity index (χ3v) is 6.68. The first-order valence-electron chi connectivity index (χ1n) is 11.4. The van der Waals surface area contributed by atoms with Crippen molar-refractivity contribution in [1.29, 1.82) is 5.26 Å². The van der Waals surface area contributed by atoms with Gasteiger partial charge in [-0.05, 0) is 46.7 Å². The molecular weight excluding hydrogens is 460 g/mol. The average molecular weight is 491 g/mol. The smallest absolute Gasteiger partial charge is 0.250 e. The van der Waals surface area contributed by atoms with Gasteiger partial charge in [-0.2, -0.15) is 5.26 Å². The van der Waals surface area contributed by atoms with E-state index in [2.05, 4.69) is 5.32 Å². The van der Waals surface area contributed by atoms with Crippen LogP contribution in [-0.4, -0.2) is 33.2 Å². The van der Waals surface area contributed by atoms with Crippen molar-refractivity contribution < 1.29 is 17.9 Å². The van der Waals surface area contributed by atoms with Crippen molar-refractivity contribution in [3.8, 4) is 17.2 Å². The molecule has 7 heteroatoms. The van der Waals surface area contributed by atoms with Crippen molar-refractivity contribution in [2.24, 2.45) is 5.92 Å². The third kappa shape index (κ3) is 7.25. The van der Waals surface area contributed by atoms with Gasteiger partial charge in [0, 0.05) is 6.26 Å². The second-order valence-electron chi connectivity index (χ2n) is 8.84. The highest BCUT2D eigenvalue weighted by atomic mass is 32.2. The molecule has 0 fully saturated rings. The van der Waals surface area contributed by atoms with Gasteiger partial charge in [0.1, 0.15) is 18.8 Å². The number of sulfone groups is 1. The van der Waals surface area contributed by atoms with Gasteiger partial charge in [-0.15, -0.1) is 0 Å². The number of benzene rings is 3. The molecule has 3 aromatic carbocycles. The molecule has 182 valence electrons. The minimum Gasteiger partial charge on any atom is -0.356 e. The molecule has 3 rings (SSSR count). The van der Waals surface area contributed by atoms with E-state index in [1.807, 2.05) is 74.5 Å². The van der Waals surface area contributed by atoms with E-state index in [4.69, 9.17) is 10.00 Å². The molecule has 35 heavy (non-hydrogen) atoms. The maximum atomic E-state index is 12.7. The van der Waals surface area contributed by atoms with Gasteiger partial charge in [-0.1, -0.05) is 80.6 Å². The fourth-order valence-corrected chi connectivity index (χ4v) is 4.41. The summed E-state index contributed by atoms with van der Waals surface area (Å²) in [4.78, 5) is 13.0. The summed E-state index contributed by atoms with van der Waals surface area (Å²) in [6, 6.07) is 26.2. The Kier molecular flexibility index (Phi) is 8.80. The summed E-state index contributed by atoms with van der Waals surface area (Å²) in [5.74, 6) is -0.0784. The summed E-state index contributed by atoms with van der Waals surface area (Å²) in [5, 5.41) is 11.5.